The van der Waals surface area contributed by atoms with Crippen LogP contribution in [0.5, 0.6) is 0 Å². The van der Waals surface area contributed by atoms with Crippen LogP contribution in [-0.2, 0) is 5.54 Å². The Morgan fingerprint density at radius 2 is 2.14 bits per heavy atom. The first kappa shape index (κ1) is 22.2. The summed E-state index contributed by atoms with van der Waals surface area (Å²) in [7, 11) is 0. The molecule has 0 unspecified atom stereocenters. The number of carbonyl (C=O) groups is 1. The minimum atomic E-state index is -0.546. The van der Waals surface area contributed by atoms with Crippen LogP contribution in [0, 0.1) is 23.1 Å². The highest BCUT2D eigenvalue weighted by Gasteiger charge is 2.46. The number of aromatic amines is 1. The number of nitrogens with zero attached hydrogens (tertiary/aromatic N) is 6. The fourth-order valence-electron chi connectivity index (χ4n) is 4.92. The molecule has 0 spiro atoms. The number of hydrogen-bond donors (Lipinski definition) is 2. The van der Waals surface area contributed by atoms with Gasteiger partial charge < -0.3 is 15.2 Å². The first-order chi connectivity index (χ1) is 17.6. The summed E-state index contributed by atoms with van der Waals surface area (Å²) in [6.07, 6.45) is 10.6. The number of halogens is 1. The number of anilines is 1. The van der Waals surface area contributed by atoms with Crippen molar-refractivity contribution in [2.45, 2.75) is 31.2 Å². The van der Waals surface area contributed by atoms with Crippen LogP contribution in [0.4, 0.5) is 10.1 Å². The number of hydrogen-bond acceptors (Lipinski definition) is 6. The second-order valence-corrected chi connectivity index (χ2v) is 9.70. The van der Waals surface area contributed by atoms with Gasteiger partial charge in [-0.2, -0.15) is 10.4 Å². The molecule has 0 radical (unpaired) electrons. The average molecular weight is 485 g/mol. The number of carbonyl (C=O) groups excluding carboxylic acids is 1. The van der Waals surface area contributed by atoms with Gasteiger partial charge in [0.15, 0.2) is 0 Å². The zero-order chi connectivity index (χ0) is 24.7. The van der Waals surface area contributed by atoms with Gasteiger partial charge in [-0.25, -0.2) is 14.4 Å². The van der Waals surface area contributed by atoms with E-state index in [2.05, 4.69) is 31.4 Å². The lowest BCUT2D eigenvalue weighted by molar-refractivity contribution is 0.0948. The predicted octanol–water partition coefficient (Wildman–Crippen LogP) is 3.62. The Labute approximate surface area is 207 Å². The molecule has 3 aromatic heterocycles. The number of nitriles is 1. The van der Waals surface area contributed by atoms with Gasteiger partial charge in [0.1, 0.15) is 23.3 Å². The fraction of sp³-hybridized carbons (Fsp3) is 0.346. The van der Waals surface area contributed by atoms with Crippen LogP contribution in [0.25, 0.3) is 22.3 Å². The Morgan fingerprint density at radius 1 is 1.28 bits per heavy atom. The molecule has 4 heterocycles. The number of fused-ring (bicyclic) bond motifs is 1. The lowest BCUT2D eigenvalue weighted by atomic mass is 9.86. The molecule has 2 aliphatic rings. The minimum absolute atomic E-state index is 0.0519. The SMILES string of the molecule is N#CCC1(n2cc(-c3ncnc4[nH]ccc34)cn2)CN(c2ccc(C(=O)NCCC3CC3)c(F)c2)C1. The lowest BCUT2D eigenvalue weighted by Crippen LogP contribution is -2.63. The van der Waals surface area contributed by atoms with E-state index in [1.807, 2.05) is 28.0 Å². The highest BCUT2D eigenvalue weighted by atomic mass is 19.1. The Balaban J connectivity index is 1.18. The Kier molecular flexibility index (Phi) is 5.40. The van der Waals surface area contributed by atoms with Gasteiger partial charge in [0.2, 0.25) is 0 Å². The first-order valence-corrected chi connectivity index (χ1v) is 12.1. The molecule has 1 aliphatic heterocycles. The summed E-state index contributed by atoms with van der Waals surface area (Å²) in [4.78, 5) is 26.1. The van der Waals surface area contributed by atoms with E-state index in [1.165, 1.54) is 31.3 Å². The third kappa shape index (κ3) is 3.96. The van der Waals surface area contributed by atoms with Gasteiger partial charge in [0.05, 0.1) is 29.9 Å². The van der Waals surface area contributed by atoms with E-state index in [-0.39, 0.29) is 17.9 Å². The standard InChI is InChI=1S/C26H25FN8O/c27-22-11-19(3-4-20(22)25(36)30-9-5-17-1-2-17)34-14-26(15-34,7-8-28)35-13-18(12-33-35)23-21-6-10-29-24(21)32-16-31-23/h3-4,6,10-13,16-17H,1-2,5,7,9,14-15H2,(H,30,36)(H,29,31,32). The smallest absolute Gasteiger partial charge is 0.254 e. The zero-order valence-electron chi connectivity index (χ0n) is 19.6. The molecule has 36 heavy (non-hydrogen) atoms. The molecule has 6 rings (SSSR count). The molecule has 1 aliphatic carbocycles. The zero-order valence-corrected chi connectivity index (χ0v) is 19.6. The van der Waals surface area contributed by atoms with E-state index in [1.54, 1.807) is 12.3 Å². The predicted molar refractivity (Wildman–Crippen MR) is 132 cm³/mol. The van der Waals surface area contributed by atoms with Crippen molar-refractivity contribution in [3.05, 3.63) is 60.6 Å². The molecule has 10 heteroatoms. The van der Waals surface area contributed by atoms with Crippen LogP contribution in [0.1, 0.15) is 36.0 Å². The molecule has 9 nitrogen and oxygen atoms in total. The van der Waals surface area contributed by atoms with E-state index >= 15 is 0 Å². The molecule has 1 saturated heterocycles. The second kappa shape index (κ2) is 8.75. The topological polar surface area (TPSA) is 116 Å². The molecule has 0 bridgehead atoms. The van der Waals surface area contributed by atoms with Crippen molar-refractivity contribution in [1.82, 2.24) is 30.0 Å². The highest BCUT2D eigenvalue weighted by molar-refractivity contribution is 5.95. The molecule has 1 amide bonds. The first-order valence-electron chi connectivity index (χ1n) is 12.1. The molecule has 1 saturated carbocycles. The Morgan fingerprint density at radius 3 is 2.92 bits per heavy atom. The van der Waals surface area contributed by atoms with Crippen molar-refractivity contribution in [3.63, 3.8) is 0 Å². The van der Waals surface area contributed by atoms with E-state index in [4.69, 9.17) is 0 Å². The van der Waals surface area contributed by atoms with Crippen LogP contribution in [-0.4, -0.2) is 50.3 Å². The van der Waals surface area contributed by atoms with E-state index in [0.29, 0.717) is 31.2 Å². The maximum Gasteiger partial charge on any atom is 0.254 e. The van der Waals surface area contributed by atoms with Crippen molar-refractivity contribution >= 4 is 22.6 Å². The van der Waals surface area contributed by atoms with Gasteiger partial charge in [-0.15, -0.1) is 0 Å². The van der Waals surface area contributed by atoms with Crippen LogP contribution in [0.3, 0.4) is 0 Å². The molecule has 2 N–H and O–H groups in total. The van der Waals surface area contributed by atoms with E-state index in [9.17, 15) is 14.4 Å². The Hall–Kier alpha value is -4.26. The number of aromatic nitrogens is 5. The highest BCUT2D eigenvalue weighted by Crippen LogP contribution is 2.37. The normalized spacial score (nSPS) is 16.5. The third-order valence-electron chi connectivity index (χ3n) is 7.17. The van der Waals surface area contributed by atoms with Crippen molar-refractivity contribution in [3.8, 4) is 17.3 Å². The maximum absolute atomic E-state index is 14.8. The summed E-state index contributed by atoms with van der Waals surface area (Å²) in [5.41, 5.74) is 2.54. The van der Waals surface area contributed by atoms with Crippen LogP contribution in [0.15, 0.2) is 49.2 Å². The number of amides is 1. The molecule has 4 aromatic rings. The number of nitrogens with one attached hydrogen (secondary N) is 2. The van der Waals surface area contributed by atoms with Crippen LogP contribution >= 0.6 is 0 Å². The number of benzene rings is 1. The quantitative estimate of drug-likeness (QED) is 0.395. The second-order valence-electron chi connectivity index (χ2n) is 9.70. The summed E-state index contributed by atoms with van der Waals surface area (Å²) in [5, 5.41) is 17.8. The van der Waals surface area contributed by atoms with Crippen molar-refractivity contribution in [2.75, 3.05) is 24.5 Å². The molecule has 182 valence electrons. The van der Waals surface area contributed by atoms with Gasteiger partial charge in [0.25, 0.3) is 5.91 Å². The molecule has 2 fully saturated rings. The molecular formula is C26H25FN8O. The summed E-state index contributed by atoms with van der Waals surface area (Å²) >= 11 is 0. The summed E-state index contributed by atoms with van der Waals surface area (Å²) in [6.45, 7) is 1.57. The number of rotatable bonds is 8. The Bertz CT molecular complexity index is 1470. The van der Waals surface area contributed by atoms with Gasteiger partial charge in [-0.1, -0.05) is 12.8 Å². The summed E-state index contributed by atoms with van der Waals surface area (Å²) in [6, 6.07) is 8.88. The molecule has 0 atom stereocenters. The van der Waals surface area contributed by atoms with Crippen molar-refractivity contribution in [1.29, 1.82) is 5.26 Å². The van der Waals surface area contributed by atoms with Gasteiger partial charge in [-0.05, 0) is 36.6 Å². The van der Waals surface area contributed by atoms with Crippen molar-refractivity contribution in [2.24, 2.45) is 5.92 Å². The van der Waals surface area contributed by atoms with Crippen LogP contribution in [0.2, 0.25) is 0 Å². The monoisotopic (exact) mass is 484 g/mol. The maximum atomic E-state index is 14.8. The van der Waals surface area contributed by atoms with E-state index < -0.39 is 11.4 Å². The molecule has 1 aromatic carbocycles. The number of H-pyrrole nitrogens is 1. The fourth-order valence-corrected chi connectivity index (χ4v) is 4.92. The third-order valence-corrected chi connectivity index (χ3v) is 7.17. The largest absolute Gasteiger partial charge is 0.366 e. The minimum Gasteiger partial charge on any atom is -0.366 e. The average Bonchev–Trinajstić information content (AvgIpc) is 3.33. The molecular weight excluding hydrogens is 459 g/mol. The van der Waals surface area contributed by atoms with Gasteiger partial charge >= 0.3 is 0 Å². The van der Waals surface area contributed by atoms with E-state index in [0.717, 1.165) is 28.7 Å². The van der Waals surface area contributed by atoms with Crippen LogP contribution < -0.4 is 10.2 Å². The lowest BCUT2D eigenvalue weighted by Gasteiger charge is -2.50. The van der Waals surface area contributed by atoms with Gasteiger partial charge in [0, 0.05) is 48.7 Å². The van der Waals surface area contributed by atoms with Crippen molar-refractivity contribution < 1.29 is 9.18 Å². The summed E-state index contributed by atoms with van der Waals surface area (Å²) < 4.78 is 16.6. The van der Waals surface area contributed by atoms with Gasteiger partial charge in [-0.3, -0.25) is 9.48 Å². The summed E-state index contributed by atoms with van der Waals surface area (Å²) in [5.74, 6) is -0.221.